The Hall–Kier alpha value is -0.490. The van der Waals surface area contributed by atoms with Crippen LogP contribution in [0.15, 0.2) is 0 Å². The van der Waals surface area contributed by atoms with Crippen LogP contribution < -0.4 is 0 Å². The zero-order valence-electron chi connectivity index (χ0n) is 15.1. The molecule has 0 aromatic heterocycles. The Kier molecular flexibility index (Phi) is 6.22. The van der Waals surface area contributed by atoms with Gasteiger partial charge in [0, 0.05) is 32.4 Å². The van der Waals surface area contributed by atoms with Crippen molar-refractivity contribution in [2.75, 3.05) is 19.7 Å². The number of ether oxygens (including phenoxy) is 2. The molecule has 1 spiro atoms. The summed E-state index contributed by atoms with van der Waals surface area (Å²) in [5, 5.41) is 9.84. The number of rotatable bonds is 6. The van der Waals surface area contributed by atoms with Gasteiger partial charge in [-0.3, -0.25) is 4.90 Å². The lowest BCUT2D eigenvalue weighted by Gasteiger charge is -2.41. The summed E-state index contributed by atoms with van der Waals surface area (Å²) in [4.78, 5) is 12.4. The number of nitrogens with zero attached hydrogens (tertiary/aromatic N) is 1. The van der Waals surface area contributed by atoms with E-state index in [0.717, 1.165) is 37.9 Å². The third-order valence-electron chi connectivity index (χ3n) is 5.39. The second kappa shape index (κ2) is 7.60. The molecule has 1 aliphatic heterocycles. The van der Waals surface area contributed by atoms with Crippen molar-refractivity contribution in [1.29, 1.82) is 0 Å². The van der Waals surface area contributed by atoms with Crippen molar-refractivity contribution in [3.05, 3.63) is 0 Å². The number of carbonyl (C=O) groups is 1. The molecule has 1 heterocycles. The fourth-order valence-electron chi connectivity index (χ4n) is 3.80. The van der Waals surface area contributed by atoms with Crippen LogP contribution in [-0.2, 0) is 14.3 Å². The molecular weight excluding hydrogens is 294 g/mol. The summed E-state index contributed by atoms with van der Waals surface area (Å²) in [5.41, 5.74) is 0.345. The van der Waals surface area contributed by atoms with Gasteiger partial charge in [0.15, 0.2) is 5.79 Å². The lowest BCUT2D eigenvalue weighted by Crippen LogP contribution is -2.42. The fourth-order valence-corrected chi connectivity index (χ4v) is 3.80. The van der Waals surface area contributed by atoms with E-state index < -0.39 is 12.0 Å². The minimum atomic E-state index is -0.577. The zero-order chi connectivity index (χ0) is 17.1. The Morgan fingerprint density at radius 2 is 2.00 bits per heavy atom. The Labute approximate surface area is 140 Å². The van der Waals surface area contributed by atoms with Crippen molar-refractivity contribution >= 4 is 6.29 Å². The second-order valence-corrected chi connectivity index (χ2v) is 8.18. The average molecular weight is 327 g/mol. The predicted octanol–water partition coefficient (Wildman–Crippen LogP) is 2.56. The highest BCUT2D eigenvalue weighted by Gasteiger charge is 2.46. The van der Waals surface area contributed by atoms with Crippen LogP contribution in [0, 0.1) is 11.3 Å². The van der Waals surface area contributed by atoms with E-state index in [4.69, 9.17) is 9.47 Å². The van der Waals surface area contributed by atoms with E-state index in [-0.39, 0.29) is 6.10 Å². The quantitative estimate of drug-likeness (QED) is 0.600. The molecule has 1 saturated carbocycles. The van der Waals surface area contributed by atoms with Crippen LogP contribution >= 0.6 is 0 Å². The van der Waals surface area contributed by atoms with Gasteiger partial charge >= 0.3 is 0 Å². The van der Waals surface area contributed by atoms with Crippen LogP contribution in [0.4, 0.5) is 0 Å². The second-order valence-electron chi connectivity index (χ2n) is 8.18. The van der Waals surface area contributed by atoms with Gasteiger partial charge in [-0.05, 0) is 31.1 Å². The van der Waals surface area contributed by atoms with Gasteiger partial charge in [-0.1, -0.05) is 20.8 Å². The molecule has 2 unspecified atom stereocenters. The molecule has 0 amide bonds. The first kappa shape index (κ1) is 18.8. The van der Waals surface area contributed by atoms with Crippen LogP contribution in [0.25, 0.3) is 0 Å². The summed E-state index contributed by atoms with van der Waals surface area (Å²) < 4.78 is 12.3. The molecule has 0 aromatic rings. The molecule has 23 heavy (non-hydrogen) atoms. The lowest BCUT2D eigenvalue weighted by atomic mass is 9.71. The van der Waals surface area contributed by atoms with Gasteiger partial charge in [0.25, 0.3) is 0 Å². The molecule has 1 N–H and O–H groups in total. The number of hydrogen-bond donors (Lipinski definition) is 1. The topological polar surface area (TPSA) is 59.0 Å². The lowest BCUT2D eigenvalue weighted by molar-refractivity contribution is -0.199. The average Bonchev–Trinajstić information content (AvgIpc) is 2.85. The summed E-state index contributed by atoms with van der Waals surface area (Å²) in [6.07, 6.45) is 4.90. The SMILES string of the molecule is CC(O)N(CCC=O)CC1COC2(CCC(C(C)(C)C)CC2)O1. The zero-order valence-corrected chi connectivity index (χ0v) is 15.1. The highest BCUT2D eigenvalue weighted by atomic mass is 16.7. The molecule has 2 aliphatic rings. The molecule has 0 aromatic carbocycles. The molecule has 0 radical (unpaired) electrons. The molecule has 1 aliphatic carbocycles. The summed E-state index contributed by atoms with van der Waals surface area (Å²) >= 11 is 0. The van der Waals surface area contributed by atoms with E-state index in [1.165, 1.54) is 0 Å². The van der Waals surface area contributed by atoms with E-state index in [0.29, 0.717) is 31.5 Å². The highest BCUT2D eigenvalue weighted by molar-refractivity contribution is 5.49. The maximum atomic E-state index is 10.6. The van der Waals surface area contributed by atoms with Gasteiger partial charge < -0.3 is 19.4 Å². The van der Waals surface area contributed by atoms with Crippen LogP contribution in [0.3, 0.4) is 0 Å². The van der Waals surface area contributed by atoms with Gasteiger partial charge in [-0.15, -0.1) is 0 Å². The number of hydrogen-bond acceptors (Lipinski definition) is 5. The molecule has 5 nitrogen and oxygen atoms in total. The Balaban J connectivity index is 1.85. The Morgan fingerprint density at radius 1 is 1.35 bits per heavy atom. The number of aldehydes is 1. The normalized spacial score (nSPS) is 33.3. The monoisotopic (exact) mass is 327 g/mol. The van der Waals surface area contributed by atoms with Crippen molar-refractivity contribution in [3.8, 4) is 0 Å². The number of aliphatic hydroxyl groups is 1. The first-order chi connectivity index (χ1) is 10.8. The maximum Gasteiger partial charge on any atom is 0.168 e. The van der Waals surface area contributed by atoms with E-state index >= 15 is 0 Å². The molecule has 2 fully saturated rings. The van der Waals surface area contributed by atoms with Crippen molar-refractivity contribution in [2.24, 2.45) is 11.3 Å². The summed E-state index contributed by atoms with van der Waals surface area (Å²) in [6, 6.07) is 0. The third kappa shape index (κ3) is 4.99. The molecule has 1 saturated heterocycles. The fraction of sp³-hybridized carbons (Fsp3) is 0.944. The van der Waals surface area contributed by atoms with E-state index in [9.17, 15) is 9.90 Å². The molecule has 5 heteroatoms. The van der Waals surface area contributed by atoms with Gasteiger partial charge in [-0.25, -0.2) is 0 Å². The molecule has 2 atom stereocenters. The van der Waals surface area contributed by atoms with Crippen molar-refractivity contribution in [2.45, 2.75) is 77.9 Å². The standard InChI is InChI=1S/C18H33NO4/c1-14(21)19(10-5-11-20)12-16-13-22-18(23-16)8-6-15(7-9-18)17(2,3)4/h11,14-16,21H,5-10,12-13H2,1-4H3. The van der Waals surface area contributed by atoms with Crippen LogP contribution in [0.2, 0.25) is 0 Å². The largest absolute Gasteiger partial charge is 0.379 e. The first-order valence-electron chi connectivity index (χ1n) is 8.93. The van der Waals surface area contributed by atoms with Gasteiger partial charge in [0.05, 0.1) is 12.7 Å². The van der Waals surface area contributed by atoms with Gasteiger partial charge in [0.1, 0.15) is 12.5 Å². The number of aliphatic hydroxyl groups excluding tert-OH is 1. The number of carbonyl (C=O) groups excluding carboxylic acids is 1. The minimum Gasteiger partial charge on any atom is -0.379 e. The predicted molar refractivity (Wildman–Crippen MR) is 88.9 cm³/mol. The van der Waals surface area contributed by atoms with Crippen LogP contribution in [-0.4, -0.2) is 54.1 Å². The Morgan fingerprint density at radius 3 is 2.52 bits per heavy atom. The summed E-state index contributed by atoms with van der Waals surface area (Å²) in [7, 11) is 0. The summed E-state index contributed by atoms with van der Waals surface area (Å²) in [6.45, 7) is 10.4. The molecule has 2 rings (SSSR count). The molecule has 134 valence electrons. The van der Waals surface area contributed by atoms with Crippen molar-refractivity contribution in [3.63, 3.8) is 0 Å². The van der Waals surface area contributed by atoms with Gasteiger partial charge in [-0.2, -0.15) is 0 Å². The molecular formula is C18H33NO4. The third-order valence-corrected chi connectivity index (χ3v) is 5.39. The van der Waals surface area contributed by atoms with E-state index in [1.807, 2.05) is 4.90 Å². The van der Waals surface area contributed by atoms with Crippen LogP contribution in [0.5, 0.6) is 0 Å². The van der Waals surface area contributed by atoms with Crippen molar-refractivity contribution in [1.82, 2.24) is 4.90 Å². The Bertz CT molecular complexity index is 383. The minimum absolute atomic E-state index is 0.0255. The van der Waals surface area contributed by atoms with Gasteiger partial charge in [0.2, 0.25) is 0 Å². The summed E-state index contributed by atoms with van der Waals surface area (Å²) in [5.74, 6) is 0.308. The maximum absolute atomic E-state index is 10.6. The van der Waals surface area contributed by atoms with Crippen LogP contribution in [0.1, 0.15) is 59.8 Å². The van der Waals surface area contributed by atoms with E-state index in [2.05, 4.69) is 20.8 Å². The molecule has 0 bridgehead atoms. The highest BCUT2D eigenvalue weighted by Crippen LogP contribution is 2.45. The first-order valence-corrected chi connectivity index (χ1v) is 8.93. The van der Waals surface area contributed by atoms with Crippen molar-refractivity contribution < 1.29 is 19.4 Å². The smallest absolute Gasteiger partial charge is 0.168 e. The van der Waals surface area contributed by atoms with E-state index in [1.54, 1.807) is 6.92 Å².